The van der Waals surface area contributed by atoms with Gasteiger partial charge >= 0.3 is 0 Å². The van der Waals surface area contributed by atoms with Gasteiger partial charge in [0.2, 0.25) is 0 Å². The number of fused-ring (bicyclic) bond motifs is 9. The van der Waals surface area contributed by atoms with Gasteiger partial charge in [-0.1, -0.05) is 147 Å². The predicted molar refractivity (Wildman–Crippen MR) is 232 cm³/mol. The van der Waals surface area contributed by atoms with Crippen molar-refractivity contribution < 1.29 is 4.42 Å². The van der Waals surface area contributed by atoms with Crippen LogP contribution in [0.25, 0.3) is 76.9 Å². The van der Waals surface area contributed by atoms with Crippen LogP contribution in [0.3, 0.4) is 0 Å². The fourth-order valence-electron chi connectivity index (χ4n) is 9.04. The van der Waals surface area contributed by atoms with Crippen LogP contribution in [0.15, 0.2) is 192 Å². The van der Waals surface area contributed by atoms with Crippen LogP contribution in [0.5, 0.6) is 0 Å². The van der Waals surface area contributed by atoms with E-state index in [4.69, 9.17) is 4.42 Å². The van der Waals surface area contributed by atoms with Gasteiger partial charge in [-0.2, -0.15) is 0 Å². The average Bonchev–Trinajstić information content (AvgIpc) is 3.73. The van der Waals surface area contributed by atoms with E-state index in [-0.39, 0.29) is 5.41 Å². The van der Waals surface area contributed by atoms with E-state index in [9.17, 15) is 0 Å². The van der Waals surface area contributed by atoms with Gasteiger partial charge in [0.05, 0.1) is 0 Å². The zero-order valence-corrected chi connectivity index (χ0v) is 30.8. The van der Waals surface area contributed by atoms with Crippen molar-refractivity contribution in [2.75, 3.05) is 4.90 Å². The van der Waals surface area contributed by atoms with Crippen molar-refractivity contribution in [2.45, 2.75) is 19.3 Å². The Morgan fingerprint density at radius 2 is 1.04 bits per heavy atom. The van der Waals surface area contributed by atoms with E-state index in [1.54, 1.807) is 0 Å². The lowest BCUT2D eigenvalue weighted by atomic mass is 9.82. The van der Waals surface area contributed by atoms with Gasteiger partial charge in [0.1, 0.15) is 11.2 Å². The molecule has 0 saturated carbocycles. The minimum absolute atomic E-state index is 0.117. The number of furan rings is 1. The number of nitrogens with zero attached hydrogens (tertiary/aromatic N) is 1. The third-order valence-corrected chi connectivity index (χ3v) is 11.8. The summed E-state index contributed by atoms with van der Waals surface area (Å²) in [6, 6.07) is 68.3. The Bertz CT molecular complexity index is 3110. The quantitative estimate of drug-likeness (QED) is 0.177. The largest absolute Gasteiger partial charge is 0.455 e. The van der Waals surface area contributed by atoms with Crippen LogP contribution in [0.1, 0.15) is 25.0 Å². The first-order valence-electron chi connectivity index (χ1n) is 19.1. The molecule has 55 heavy (non-hydrogen) atoms. The van der Waals surface area contributed by atoms with Crippen molar-refractivity contribution >= 4 is 60.5 Å². The topological polar surface area (TPSA) is 16.4 Å². The molecular formula is C53H37NO. The summed E-state index contributed by atoms with van der Waals surface area (Å²) in [5.74, 6) is 0. The molecular weight excluding hydrogens is 667 g/mol. The highest BCUT2D eigenvalue weighted by atomic mass is 16.3. The van der Waals surface area contributed by atoms with Crippen LogP contribution in [0.4, 0.5) is 17.1 Å². The zero-order chi connectivity index (χ0) is 36.7. The van der Waals surface area contributed by atoms with Gasteiger partial charge in [0.25, 0.3) is 0 Å². The van der Waals surface area contributed by atoms with Crippen LogP contribution in [-0.4, -0.2) is 0 Å². The third kappa shape index (κ3) is 4.95. The molecule has 1 aromatic heterocycles. The highest BCUT2D eigenvalue weighted by Gasteiger charge is 2.35. The maximum atomic E-state index is 7.02. The molecule has 2 nitrogen and oxygen atoms in total. The second-order valence-corrected chi connectivity index (χ2v) is 15.3. The van der Waals surface area contributed by atoms with E-state index in [1.165, 1.54) is 54.9 Å². The van der Waals surface area contributed by atoms with Crippen molar-refractivity contribution in [3.8, 4) is 33.4 Å². The highest BCUT2D eigenvalue weighted by Crippen LogP contribution is 2.51. The first-order chi connectivity index (χ1) is 27.0. The first kappa shape index (κ1) is 31.6. The average molecular weight is 704 g/mol. The summed E-state index contributed by atoms with van der Waals surface area (Å²) in [7, 11) is 0. The Morgan fingerprint density at radius 3 is 1.89 bits per heavy atom. The molecule has 11 rings (SSSR count). The minimum atomic E-state index is -0.117. The molecule has 0 N–H and O–H groups in total. The van der Waals surface area contributed by atoms with E-state index >= 15 is 0 Å². The second-order valence-electron chi connectivity index (χ2n) is 15.3. The smallest absolute Gasteiger partial charge is 0.143 e. The Kier molecular flexibility index (Phi) is 6.93. The van der Waals surface area contributed by atoms with Gasteiger partial charge in [-0.25, -0.2) is 0 Å². The van der Waals surface area contributed by atoms with Gasteiger partial charge in [-0.15, -0.1) is 0 Å². The zero-order valence-electron chi connectivity index (χ0n) is 30.8. The molecule has 0 radical (unpaired) electrons. The number of hydrogen-bond acceptors (Lipinski definition) is 2. The monoisotopic (exact) mass is 703 g/mol. The molecule has 0 spiro atoms. The Labute approximate surface area is 320 Å². The fraction of sp³-hybridized carbons (Fsp3) is 0.0566. The van der Waals surface area contributed by atoms with E-state index in [0.29, 0.717) is 0 Å². The Hall–Kier alpha value is -6.90. The normalized spacial score (nSPS) is 13.1. The van der Waals surface area contributed by atoms with Crippen LogP contribution in [0.2, 0.25) is 0 Å². The summed E-state index contributed by atoms with van der Waals surface area (Å²) in [5, 5.41) is 7.11. The number of rotatable bonds is 5. The minimum Gasteiger partial charge on any atom is -0.455 e. The molecule has 0 saturated heterocycles. The van der Waals surface area contributed by atoms with Crippen LogP contribution in [0, 0.1) is 0 Å². The van der Waals surface area contributed by atoms with Crippen molar-refractivity contribution in [2.24, 2.45) is 0 Å². The Balaban J connectivity index is 1.11. The molecule has 2 heteroatoms. The van der Waals surface area contributed by atoms with E-state index < -0.39 is 0 Å². The second kappa shape index (κ2) is 12.1. The Morgan fingerprint density at radius 1 is 0.400 bits per heavy atom. The van der Waals surface area contributed by atoms with Crippen LogP contribution >= 0.6 is 0 Å². The summed E-state index contributed by atoms with van der Waals surface area (Å²) in [6.07, 6.45) is 0. The molecule has 9 aromatic carbocycles. The molecule has 0 bridgehead atoms. The molecule has 10 aromatic rings. The predicted octanol–water partition coefficient (Wildman–Crippen LogP) is 15.0. The first-order valence-corrected chi connectivity index (χ1v) is 19.1. The summed E-state index contributed by atoms with van der Waals surface area (Å²) >= 11 is 0. The standard InChI is InChI=1S/C53H37NO/c1-53(2)48-19-11-10-18-44(48)45-28-26-41(32-49(45)53)54(40-24-22-36(23-25-40)34-12-4-3-5-13-34)42-27-29-46-50(33-42)55-52-47(31-38-16-8-9-17-43(38)51(46)52)39-21-20-35-14-6-7-15-37(35)30-39/h3-33H,1-2H3. The number of anilines is 3. The maximum Gasteiger partial charge on any atom is 0.143 e. The van der Waals surface area contributed by atoms with Gasteiger partial charge < -0.3 is 9.32 Å². The third-order valence-electron chi connectivity index (χ3n) is 11.8. The summed E-state index contributed by atoms with van der Waals surface area (Å²) in [5.41, 5.74) is 14.9. The molecule has 1 aliphatic rings. The molecule has 1 heterocycles. The molecule has 0 aliphatic heterocycles. The molecule has 260 valence electrons. The highest BCUT2D eigenvalue weighted by molar-refractivity contribution is 6.23. The van der Waals surface area contributed by atoms with Crippen molar-refractivity contribution in [3.63, 3.8) is 0 Å². The lowest BCUT2D eigenvalue weighted by Crippen LogP contribution is -2.16. The fourth-order valence-corrected chi connectivity index (χ4v) is 9.04. The summed E-state index contributed by atoms with van der Waals surface area (Å²) < 4.78 is 7.02. The molecule has 0 atom stereocenters. The number of hydrogen-bond donors (Lipinski definition) is 0. The van der Waals surface area contributed by atoms with E-state index in [0.717, 1.165) is 50.1 Å². The summed E-state index contributed by atoms with van der Waals surface area (Å²) in [4.78, 5) is 2.38. The lowest BCUT2D eigenvalue weighted by Gasteiger charge is -2.28. The number of benzene rings is 9. The van der Waals surface area contributed by atoms with Crippen molar-refractivity contribution in [1.29, 1.82) is 0 Å². The van der Waals surface area contributed by atoms with Crippen LogP contribution in [-0.2, 0) is 5.41 Å². The van der Waals surface area contributed by atoms with Gasteiger partial charge in [0, 0.05) is 44.9 Å². The van der Waals surface area contributed by atoms with E-state index in [1.807, 2.05) is 0 Å². The van der Waals surface area contributed by atoms with Gasteiger partial charge in [-0.3, -0.25) is 0 Å². The molecule has 0 unspecified atom stereocenters. The SMILES string of the molecule is CC1(C)c2ccccc2-c2ccc(N(c3ccc(-c4ccccc4)cc3)c3ccc4c(c3)oc3c(-c5ccc6ccccc6c5)cc5ccccc5c34)cc21. The maximum absolute atomic E-state index is 7.02. The van der Waals surface area contributed by atoms with Crippen molar-refractivity contribution in [3.05, 3.63) is 199 Å². The molecule has 1 aliphatic carbocycles. The van der Waals surface area contributed by atoms with E-state index in [2.05, 4.69) is 207 Å². The molecule has 0 fully saturated rings. The summed E-state index contributed by atoms with van der Waals surface area (Å²) in [6.45, 7) is 4.69. The molecule has 0 amide bonds. The van der Waals surface area contributed by atoms with Crippen LogP contribution < -0.4 is 4.90 Å². The van der Waals surface area contributed by atoms with Gasteiger partial charge in [0.15, 0.2) is 0 Å². The van der Waals surface area contributed by atoms with Gasteiger partial charge in [-0.05, 0) is 109 Å². The lowest BCUT2D eigenvalue weighted by molar-refractivity contribution is 0.660. The van der Waals surface area contributed by atoms with Crippen molar-refractivity contribution in [1.82, 2.24) is 0 Å².